The minimum atomic E-state index is -0.739. The molecule has 0 aliphatic rings. The van der Waals surface area contributed by atoms with Crippen molar-refractivity contribution in [2.75, 3.05) is 7.11 Å². The molecule has 0 aliphatic heterocycles. The van der Waals surface area contributed by atoms with Crippen LogP contribution >= 0.6 is 0 Å². The van der Waals surface area contributed by atoms with Crippen LogP contribution in [-0.2, 0) is 4.74 Å². The van der Waals surface area contributed by atoms with Crippen LogP contribution in [0.4, 0.5) is 0 Å². The number of benzene rings is 2. The molecule has 5 nitrogen and oxygen atoms in total. The summed E-state index contributed by atoms with van der Waals surface area (Å²) in [5, 5.41) is 19.7. The van der Waals surface area contributed by atoms with E-state index < -0.39 is 11.8 Å². The highest BCUT2D eigenvalue weighted by Gasteiger charge is 2.19. The average Bonchev–Trinajstić information content (AvgIpc) is 2.49. The molecule has 0 unspecified atom stereocenters. The normalized spacial score (nSPS) is 10.3. The van der Waals surface area contributed by atoms with Crippen molar-refractivity contribution in [3.05, 3.63) is 58.1 Å². The number of esters is 1. The van der Waals surface area contributed by atoms with Crippen molar-refractivity contribution in [1.29, 1.82) is 0 Å². The number of methoxy groups -OCH3 is 1. The van der Waals surface area contributed by atoms with Crippen LogP contribution in [-0.4, -0.2) is 29.1 Å². The molecule has 2 aromatic rings. The van der Waals surface area contributed by atoms with Gasteiger partial charge in [-0.2, -0.15) is 0 Å². The van der Waals surface area contributed by atoms with E-state index in [0.29, 0.717) is 5.56 Å². The molecule has 0 aromatic heterocycles. The molecule has 0 aliphatic carbocycles. The number of phenols is 2. The second-order valence-electron chi connectivity index (χ2n) is 5.03. The Morgan fingerprint density at radius 3 is 2.32 bits per heavy atom. The quantitative estimate of drug-likeness (QED) is 0.672. The van der Waals surface area contributed by atoms with Crippen molar-refractivity contribution in [1.82, 2.24) is 0 Å². The molecule has 0 fully saturated rings. The first-order chi connectivity index (χ1) is 10.3. The van der Waals surface area contributed by atoms with Gasteiger partial charge in [0.2, 0.25) is 0 Å². The van der Waals surface area contributed by atoms with E-state index in [9.17, 15) is 19.8 Å². The Morgan fingerprint density at radius 2 is 1.68 bits per heavy atom. The zero-order valence-electron chi connectivity index (χ0n) is 12.5. The summed E-state index contributed by atoms with van der Waals surface area (Å²) in [4.78, 5) is 24.1. The standard InChI is InChI=1S/C17H16O5/c1-9-6-10(2)15(19)13(7-9)16(20)11-4-5-14(18)12(8-11)17(21)22-3/h4-8,18-19H,1-3H3. The lowest BCUT2D eigenvalue weighted by Crippen LogP contribution is -2.07. The number of aromatic hydroxyl groups is 2. The Morgan fingerprint density at radius 1 is 1.00 bits per heavy atom. The van der Waals surface area contributed by atoms with Crippen LogP contribution in [0.25, 0.3) is 0 Å². The summed E-state index contributed by atoms with van der Waals surface area (Å²) in [6, 6.07) is 7.24. The summed E-state index contributed by atoms with van der Waals surface area (Å²) in [5.41, 5.74) is 1.66. The molecular weight excluding hydrogens is 284 g/mol. The number of carbonyl (C=O) groups excluding carboxylic acids is 2. The monoisotopic (exact) mass is 300 g/mol. The van der Waals surface area contributed by atoms with Gasteiger partial charge in [-0.3, -0.25) is 4.79 Å². The highest BCUT2D eigenvalue weighted by molar-refractivity contribution is 6.12. The predicted octanol–water partition coefficient (Wildman–Crippen LogP) is 2.73. The van der Waals surface area contributed by atoms with Crippen LogP contribution in [0.5, 0.6) is 11.5 Å². The lowest BCUT2D eigenvalue weighted by Gasteiger charge is -2.10. The van der Waals surface area contributed by atoms with Crippen molar-refractivity contribution in [2.24, 2.45) is 0 Å². The van der Waals surface area contributed by atoms with E-state index in [1.807, 2.05) is 6.92 Å². The number of hydrogen-bond donors (Lipinski definition) is 2. The number of hydrogen-bond acceptors (Lipinski definition) is 5. The van der Waals surface area contributed by atoms with E-state index in [0.717, 1.165) is 5.56 Å². The molecule has 0 saturated heterocycles. The van der Waals surface area contributed by atoms with Gasteiger partial charge < -0.3 is 14.9 Å². The summed E-state index contributed by atoms with van der Waals surface area (Å²) >= 11 is 0. The number of ketones is 1. The highest BCUT2D eigenvalue weighted by atomic mass is 16.5. The number of carbonyl (C=O) groups is 2. The molecule has 22 heavy (non-hydrogen) atoms. The van der Waals surface area contributed by atoms with Crippen LogP contribution in [0.15, 0.2) is 30.3 Å². The van der Waals surface area contributed by atoms with Crippen LogP contribution in [0.2, 0.25) is 0 Å². The third-order valence-electron chi connectivity index (χ3n) is 3.35. The number of ether oxygens (including phenoxy) is 1. The van der Waals surface area contributed by atoms with E-state index in [-0.39, 0.29) is 28.2 Å². The van der Waals surface area contributed by atoms with Gasteiger partial charge in [0.05, 0.1) is 12.7 Å². The average molecular weight is 300 g/mol. The molecule has 0 radical (unpaired) electrons. The van der Waals surface area contributed by atoms with E-state index in [4.69, 9.17) is 0 Å². The van der Waals surface area contributed by atoms with Crippen molar-refractivity contribution in [2.45, 2.75) is 13.8 Å². The minimum Gasteiger partial charge on any atom is -0.507 e. The summed E-state index contributed by atoms with van der Waals surface area (Å²) in [6.45, 7) is 3.52. The predicted molar refractivity (Wildman–Crippen MR) is 80.5 cm³/mol. The zero-order chi connectivity index (χ0) is 16.4. The van der Waals surface area contributed by atoms with Crippen molar-refractivity contribution in [3.63, 3.8) is 0 Å². The molecule has 0 atom stereocenters. The number of rotatable bonds is 3. The van der Waals surface area contributed by atoms with Gasteiger partial charge in [-0.25, -0.2) is 4.79 Å². The van der Waals surface area contributed by atoms with Gasteiger partial charge in [-0.15, -0.1) is 0 Å². The van der Waals surface area contributed by atoms with Gasteiger partial charge in [0.1, 0.15) is 17.1 Å². The molecule has 2 rings (SSSR count). The van der Waals surface area contributed by atoms with Gasteiger partial charge in [0.25, 0.3) is 0 Å². The SMILES string of the molecule is COC(=O)c1cc(C(=O)c2cc(C)cc(C)c2O)ccc1O. The third-order valence-corrected chi connectivity index (χ3v) is 3.35. The van der Waals surface area contributed by atoms with Crippen molar-refractivity contribution < 1.29 is 24.5 Å². The first-order valence-electron chi connectivity index (χ1n) is 6.61. The first-order valence-corrected chi connectivity index (χ1v) is 6.61. The van der Waals surface area contributed by atoms with Crippen LogP contribution < -0.4 is 0 Å². The van der Waals surface area contributed by atoms with Crippen LogP contribution in [0.3, 0.4) is 0 Å². The van der Waals surface area contributed by atoms with Gasteiger partial charge in [-0.1, -0.05) is 6.07 Å². The summed E-state index contributed by atoms with van der Waals surface area (Å²) in [6.07, 6.45) is 0. The number of phenolic OH excluding ortho intramolecular Hbond substituents is 2. The summed E-state index contributed by atoms with van der Waals surface area (Å²) in [5.74, 6) is -1.54. The molecule has 2 N–H and O–H groups in total. The Bertz CT molecular complexity index is 762. The molecule has 0 spiro atoms. The molecular formula is C17H16O5. The highest BCUT2D eigenvalue weighted by Crippen LogP contribution is 2.28. The third kappa shape index (κ3) is 2.79. The van der Waals surface area contributed by atoms with Gasteiger partial charge in [-0.05, 0) is 49.2 Å². The Balaban J connectivity index is 2.53. The van der Waals surface area contributed by atoms with Crippen molar-refractivity contribution >= 4 is 11.8 Å². The maximum atomic E-state index is 12.6. The van der Waals surface area contributed by atoms with Crippen molar-refractivity contribution in [3.8, 4) is 11.5 Å². The fourth-order valence-electron chi connectivity index (χ4n) is 2.24. The lowest BCUT2D eigenvalue weighted by atomic mass is 9.96. The van der Waals surface area contributed by atoms with Gasteiger partial charge >= 0.3 is 5.97 Å². The second kappa shape index (κ2) is 5.89. The Hall–Kier alpha value is -2.82. The van der Waals surface area contributed by atoms with E-state index in [1.165, 1.54) is 25.3 Å². The van der Waals surface area contributed by atoms with Crippen LogP contribution in [0, 0.1) is 13.8 Å². The second-order valence-corrected chi connectivity index (χ2v) is 5.03. The fraction of sp³-hybridized carbons (Fsp3) is 0.176. The lowest BCUT2D eigenvalue weighted by molar-refractivity contribution is 0.0597. The maximum Gasteiger partial charge on any atom is 0.341 e. The summed E-state index contributed by atoms with van der Waals surface area (Å²) < 4.78 is 4.56. The van der Waals surface area contributed by atoms with Gasteiger partial charge in [0.15, 0.2) is 5.78 Å². The van der Waals surface area contributed by atoms with Gasteiger partial charge in [0, 0.05) is 5.56 Å². The Kier molecular flexibility index (Phi) is 4.17. The molecule has 114 valence electrons. The molecule has 0 saturated carbocycles. The maximum absolute atomic E-state index is 12.6. The summed E-state index contributed by atoms with van der Waals surface area (Å²) in [7, 11) is 1.19. The molecule has 2 aromatic carbocycles. The molecule has 0 bridgehead atoms. The minimum absolute atomic E-state index is 0.0942. The largest absolute Gasteiger partial charge is 0.507 e. The topological polar surface area (TPSA) is 83.8 Å². The zero-order valence-corrected chi connectivity index (χ0v) is 12.5. The van der Waals surface area contributed by atoms with E-state index >= 15 is 0 Å². The van der Waals surface area contributed by atoms with Crippen LogP contribution in [0.1, 0.15) is 37.4 Å². The fourth-order valence-corrected chi connectivity index (χ4v) is 2.24. The van der Waals surface area contributed by atoms with E-state index in [1.54, 1.807) is 19.1 Å². The van der Waals surface area contributed by atoms with E-state index in [2.05, 4.69) is 4.74 Å². The smallest absolute Gasteiger partial charge is 0.341 e. The number of aryl methyl sites for hydroxylation is 2. The Labute approximate surface area is 127 Å². The molecule has 0 amide bonds. The molecule has 0 heterocycles. The first kappa shape index (κ1) is 15.6. The molecule has 5 heteroatoms.